The van der Waals surface area contributed by atoms with Gasteiger partial charge < -0.3 is 20.4 Å². The van der Waals surface area contributed by atoms with Crippen LogP contribution >= 0.6 is 0 Å². The molecular formula is C15H18O5. The standard InChI is InChI=1S/C7H8O.C6H6O2.C2H4O2/c1-6-2-4-7(8)5-3-6;7-5-1-2-6(8)4-3-5;1-2(3)4/h2-5,8H,1H3;1-4,7-8H;1H3,(H,3,4). The Morgan fingerprint density at radius 2 is 0.950 bits per heavy atom. The summed E-state index contributed by atoms with van der Waals surface area (Å²) in [5.74, 6) is -0.166. The van der Waals surface area contributed by atoms with Gasteiger partial charge in [-0.05, 0) is 43.3 Å². The van der Waals surface area contributed by atoms with Gasteiger partial charge in [0.1, 0.15) is 17.2 Å². The van der Waals surface area contributed by atoms with Crippen LogP contribution in [-0.2, 0) is 4.79 Å². The number of aromatic hydroxyl groups is 3. The minimum absolute atomic E-state index is 0.169. The predicted octanol–water partition coefficient (Wildman–Crippen LogP) is 2.89. The Morgan fingerprint density at radius 3 is 1.15 bits per heavy atom. The molecule has 0 bridgehead atoms. The van der Waals surface area contributed by atoms with Crippen LogP contribution in [0.2, 0.25) is 0 Å². The molecule has 4 N–H and O–H groups in total. The zero-order valence-corrected chi connectivity index (χ0v) is 11.3. The van der Waals surface area contributed by atoms with E-state index in [1.807, 2.05) is 19.1 Å². The predicted molar refractivity (Wildman–Crippen MR) is 75.9 cm³/mol. The second kappa shape index (κ2) is 9.27. The van der Waals surface area contributed by atoms with Crippen LogP contribution in [0.15, 0.2) is 48.5 Å². The van der Waals surface area contributed by atoms with Crippen molar-refractivity contribution >= 4 is 5.97 Å². The van der Waals surface area contributed by atoms with Crippen molar-refractivity contribution in [1.29, 1.82) is 0 Å². The number of aryl methyl sites for hydroxylation is 1. The number of hydrogen-bond donors (Lipinski definition) is 4. The second-order valence-corrected chi connectivity index (χ2v) is 3.87. The summed E-state index contributed by atoms with van der Waals surface area (Å²) in [4.78, 5) is 9.00. The van der Waals surface area contributed by atoms with Crippen LogP contribution in [0.1, 0.15) is 12.5 Å². The number of phenols is 3. The Kier molecular flexibility index (Phi) is 8.02. The number of carboxylic acid groups (broad SMARTS) is 1. The average Bonchev–Trinajstić information content (AvgIpc) is 2.37. The van der Waals surface area contributed by atoms with E-state index in [0.717, 1.165) is 6.92 Å². The molecule has 0 fully saturated rings. The molecule has 0 aliphatic rings. The Bertz CT molecular complexity index is 413. The maximum Gasteiger partial charge on any atom is 0.300 e. The molecule has 0 saturated heterocycles. The molecule has 0 amide bonds. The molecule has 5 nitrogen and oxygen atoms in total. The van der Waals surface area contributed by atoms with Crippen LogP contribution in [0.4, 0.5) is 0 Å². The van der Waals surface area contributed by atoms with Crippen LogP contribution in [0.3, 0.4) is 0 Å². The zero-order chi connectivity index (χ0) is 15.5. The van der Waals surface area contributed by atoms with Crippen molar-refractivity contribution in [2.75, 3.05) is 0 Å². The van der Waals surface area contributed by atoms with Crippen molar-refractivity contribution < 1.29 is 25.2 Å². The second-order valence-electron chi connectivity index (χ2n) is 3.87. The first-order chi connectivity index (χ1) is 9.31. The van der Waals surface area contributed by atoms with Crippen LogP contribution in [0.25, 0.3) is 0 Å². The summed E-state index contributed by atoms with van der Waals surface area (Å²) in [7, 11) is 0. The molecule has 0 aliphatic heterocycles. The summed E-state index contributed by atoms with van der Waals surface area (Å²) in [5.41, 5.74) is 1.17. The van der Waals surface area contributed by atoms with E-state index >= 15 is 0 Å². The number of phenolic OH excluding ortho intramolecular Hbond substituents is 3. The molecule has 2 rings (SSSR count). The van der Waals surface area contributed by atoms with E-state index in [4.69, 9.17) is 25.2 Å². The summed E-state index contributed by atoms with van der Waals surface area (Å²) in [6.45, 7) is 3.07. The number of aliphatic carboxylic acids is 1. The fraction of sp³-hybridized carbons (Fsp3) is 0.133. The molecule has 0 aromatic heterocycles. The molecule has 0 saturated carbocycles. The zero-order valence-electron chi connectivity index (χ0n) is 11.3. The van der Waals surface area contributed by atoms with E-state index in [2.05, 4.69) is 0 Å². The fourth-order valence-electron chi connectivity index (χ4n) is 0.997. The third kappa shape index (κ3) is 10.5. The van der Waals surface area contributed by atoms with Gasteiger partial charge in [-0.15, -0.1) is 0 Å². The summed E-state index contributed by atoms with van der Waals surface area (Å²) in [6, 6.07) is 12.8. The molecule has 20 heavy (non-hydrogen) atoms. The molecule has 2 aromatic carbocycles. The number of hydrogen-bond acceptors (Lipinski definition) is 4. The first-order valence-corrected chi connectivity index (χ1v) is 5.74. The van der Waals surface area contributed by atoms with E-state index in [1.165, 1.54) is 29.8 Å². The Hall–Kier alpha value is -2.69. The lowest BCUT2D eigenvalue weighted by Crippen LogP contribution is -1.78. The number of benzene rings is 2. The minimum Gasteiger partial charge on any atom is -0.508 e. The van der Waals surface area contributed by atoms with Gasteiger partial charge in [0.2, 0.25) is 0 Å². The van der Waals surface area contributed by atoms with Crippen molar-refractivity contribution in [3.63, 3.8) is 0 Å². The molecule has 0 radical (unpaired) electrons. The van der Waals surface area contributed by atoms with Gasteiger partial charge in [0, 0.05) is 6.92 Å². The van der Waals surface area contributed by atoms with Crippen LogP contribution in [-0.4, -0.2) is 26.4 Å². The summed E-state index contributed by atoms with van der Waals surface area (Å²) in [6.07, 6.45) is 0. The summed E-state index contributed by atoms with van der Waals surface area (Å²) in [5, 5.41) is 33.5. The molecule has 5 heteroatoms. The maximum atomic E-state index is 9.00. The van der Waals surface area contributed by atoms with E-state index in [1.54, 1.807) is 12.1 Å². The molecule has 0 aliphatic carbocycles. The number of rotatable bonds is 0. The van der Waals surface area contributed by atoms with Crippen molar-refractivity contribution in [2.24, 2.45) is 0 Å². The third-order valence-corrected chi connectivity index (χ3v) is 1.88. The Morgan fingerprint density at radius 1 is 0.750 bits per heavy atom. The van der Waals surface area contributed by atoms with Crippen LogP contribution < -0.4 is 0 Å². The SMILES string of the molecule is CC(=O)O.Cc1ccc(O)cc1.Oc1ccc(O)cc1. The quantitative estimate of drug-likeness (QED) is 0.555. The van der Waals surface area contributed by atoms with Gasteiger partial charge in [-0.25, -0.2) is 0 Å². The monoisotopic (exact) mass is 278 g/mol. The lowest BCUT2D eigenvalue weighted by Gasteiger charge is -1.89. The van der Waals surface area contributed by atoms with Gasteiger partial charge in [-0.1, -0.05) is 17.7 Å². The van der Waals surface area contributed by atoms with Gasteiger partial charge in [0.25, 0.3) is 5.97 Å². The lowest BCUT2D eigenvalue weighted by atomic mass is 10.2. The average molecular weight is 278 g/mol. The van der Waals surface area contributed by atoms with Crippen molar-refractivity contribution in [2.45, 2.75) is 13.8 Å². The van der Waals surface area contributed by atoms with Crippen LogP contribution in [0.5, 0.6) is 17.2 Å². The maximum absolute atomic E-state index is 9.00. The first-order valence-electron chi connectivity index (χ1n) is 5.74. The van der Waals surface area contributed by atoms with Crippen molar-refractivity contribution in [3.05, 3.63) is 54.1 Å². The summed E-state index contributed by atoms with van der Waals surface area (Å²) >= 11 is 0. The first kappa shape index (κ1) is 17.3. The van der Waals surface area contributed by atoms with Crippen molar-refractivity contribution in [3.8, 4) is 17.2 Å². The topological polar surface area (TPSA) is 98.0 Å². The van der Waals surface area contributed by atoms with Gasteiger partial charge in [0.15, 0.2) is 0 Å². The highest BCUT2D eigenvalue weighted by molar-refractivity contribution is 5.62. The highest BCUT2D eigenvalue weighted by atomic mass is 16.4. The molecular weight excluding hydrogens is 260 g/mol. The highest BCUT2D eigenvalue weighted by Gasteiger charge is 1.84. The molecule has 0 atom stereocenters. The van der Waals surface area contributed by atoms with E-state index < -0.39 is 5.97 Å². The highest BCUT2D eigenvalue weighted by Crippen LogP contribution is 2.13. The Labute approximate surface area is 117 Å². The smallest absolute Gasteiger partial charge is 0.300 e. The van der Waals surface area contributed by atoms with Gasteiger partial charge in [-0.3, -0.25) is 4.79 Å². The minimum atomic E-state index is -0.833. The lowest BCUT2D eigenvalue weighted by molar-refractivity contribution is -0.134. The van der Waals surface area contributed by atoms with Crippen LogP contribution in [0, 0.1) is 6.92 Å². The number of carboxylic acids is 1. The van der Waals surface area contributed by atoms with Gasteiger partial charge in [0.05, 0.1) is 0 Å². The van der Waals surface area contributed by atoms with Gasteiger partial charge in [-0.2, -0.15) is 0 Å². The molecule has 2 aromatic rings. The molecule has 0 spiro atoms. The van der Waals surface area contributed by atoms with E-state index in [0.29, 0.717) is 5.75 Å². The largest absolute Gasteiger partial charge is 0.508 e. The van der Waals surface area contributed by atoms with Crippen molar-refractivity contribution in [1.82, 2.24) is 0 Å². The van der Waals surface area contributed by atoms with Gasteiger partial charge >= 0.3 is 0 Å². The summed E-state index contributed by atoms with van der Waals surface area (Å²) < 4.78 is 0. The van der Waals surface area contributed by atoms with E-state index in [9.17, 15) is 0 Å². The normalized spacial score (nSPS) is 8.50. The third-order valence-electron chi connectivity index (χ3n) is 1.88. The molecule has 108 valence electrons. The molecule has 0 unspecified atom stereocenters. The Balaban J connectivity index is 0.000000289. The van der Waals surface area contributed by atoms with E-state index in [-0.39, 0.29) is 11.5 Å². The molecule has 0 heterocycles. The fourth-order valence-corrected chi connectivity index (χ4v) is 0.997. The number of carbonyl (C=O) groups is 1.